The van der Waals surface area contributed by atoms with Crippen LogP contribution in [-0.2, 0) is 6.42 Å². The molecule has 2 rings (SSSR count). The second-order valence-corrected chi connectivity index (χ2v) is 2.82. The minimum Gasteiger partial charge on any atom is -0.494 e. The Kier molecular flexibility index (Phi) is 1.64. The molecule has 0 spiro atoms. The van der Waals surface area contributed by atoms with Crippen LogP contribution in [0, 0.1) is 5.82 Å². The maximum atomic E-state index is 12.9. The predicted molar refractivity (Wildman–Crippen MR) is 45.1 cm³/mol. The van der Waals surface area contributed by atoms with Crippen LogP contribution >= 0.6 is 0 Å². The average molecular weight is 167 g/mol. The molecule has 0 aliphatic carbocycles. The van der Waals surface area contributed by atoms with Crippen LogP contribution in [0.25, 0.3) is 0 Å². The Hall–Kier alpha value is -1.25. The van der Waals surface area contributed by atoms with Crippen molar-refractivity contribution in [2.75, 3.05) is 19.0 Å². The Morgan fingerprint density at radius 3 is 3.08 bits per heavy atom. The van der Waals surface area contributed by atoms with Crippen LogP contribution in [-0.4, -0.2) is 13.7 Å². The normalized spacial score (nSPS) is 13.8. The van der Waals surface area contributed by atoms with Gasteiger partial charge in [-0.05, 0) is 18.1 Å². The van der Waals surface area contributed by atoms with Crippen molar-refractivity contribution >= 4 is 5.69 Å². The molecule has 1 heterocycles. The Morgan fingerprint density at radius 1 is 1.50 bits per heavy atom. The lowest BCUT2D eigenvalue weighted by Gasteiger charge is -2.06. The standard InChI is InChI=1S/C9H10FNO/c1-12-8-5-7(10)4-6-2-3-11-9(6)8/h4-5,11H,2-3H2,1H3. The zero-order valence-electron chi connectivity index (χ0n) is 6.86. The van der Waals surface area contributed by atoms with Crippen LogP contribution in [0.1, 0.15) is 5.56 Å². The van der Waals surface area contributed by atoms with Gasteiger partial charge in [0.1, 0.15) is 11.6 Å². The minimum atomic E-state index is -0.227. The zero-order chi connectivity index (χ0) is 8.55. The van der Waals surface area contributed by atoms with Crippen molar-refractivity contribution in [3.8, 4) is 5.75 Å². The lowest BCUT2D eigenvalue weighted by molar-refractivity contribution is 0.413. The topological polar surface area (TPSA) is 21.3 Å². The number of hydrogen-bond acceptors (Lipinski definition) is 2. The van der Waals surface area contributed by atoms with E-state index in [-0.39, 0.29) is 5.82 Å². The van der Waals surface area contributed by atoms with Gasteiger partial charge >= 0.3 is 0 Å². The van der Waals surface area contributed by atoms with Gasteiger partial charge in [0, 0.05) is 12.6 Å². The number of anilines is 1. The Morgan fingerprint density at radius 2 is 2.33 bits per heavy atom. The third-order valence-electron chi connectivity index (χ3n) is 2.06. The summed E-state index contributed by atoms with van der Waals surface area (Å²) in [6.07, 6.45) is 0.878. The number of ether oxygens (including phenoxy) is 1. The van der Waals surface area contributed by atoms with E-state index in [9.17, 15) is 4.39 Å². The Balaban J connectivity index is 2.55. The zero-order valence-corrected chi connectivity index (χ0v) is 6.86. The van der Waals surface area contributed by atoms with E-state index in [1.54, 1.807) is 13.2 Å². The molecule has 3 heteroatoms. The highest BCUT2D eigenvalue weighted by molar-refractivity contribution is 5.65. The highest BCUT2D eigenvalue weighted by atomic mass is 19.1. The number of rotatable bonds is 1. The van der Waals surface area contributed by atoms with E-state index < -0.39 is 0 Å². The van der Waals surface area contributed by atoms with Crippen molar-refractivity contribution in [3.05, 3.63) is 23.5 Å². The summed E-state index contributed by atoms with van der Waals surface area (Å²) in [7, 11) is 1.55. The van der Waals surface area contributed by atoms with Crippen LogP contribution in [0.2, 0.25) is 0 Å². The fourth-order valence-corrected chi connectivity index (χ4v) is 1.52. The molecule has 0 aromatic heterocycles. The molecule has 1 aliphatic rings. The van der Waals surface area contributed by atoms with E-state index in [2.05, 4.69) is 5.32 Å². The molecule has 1 aromatic carbocycles. The van der Waals surface area contributed by atoms with Crippen molar-refractivity contribution in [2.45, 2.75) is 6.42 Å². The fourth-order valence-electron chi connectivity index (χ4n) is 1.52. The second-order valence-electron chi connectivity index (χ2n) is 2.82. The summed E-state index contributed by atoms with van der Waals surface area (Å²) in [4.78, 5) is 0. The first kappa shape index (κ1) is 7.40. The fraction of sp³-hybridized carbons (Fsp3) is 0.333. The van der Waals surface area contributed by atoms with Gasteiger partial charge in [-0.25, -0.2) is 4.39 Å². The molecule has 0 unspecified atom stereocenters. The smallest absolute Gasteiger partial charge is 0.145 e. The van der Waals surface area contributed by atoms with Gasteiger partial charge in [0.05, 0.1) is 12.8 Å². The molecule has 0 radical (unpaired) electrons. The Labute approximate surface area is 70.3 Å². The summed E-state index contributed by atoms with van der Waals surface area (Å²) >= 11 is 0. The number of fused-ring (bicyclic) bond motifs is 1. The van der Waals surface area contributed by atoms with Gasteiger partial charge in [-0.3, -0.25) is 0 Å². The van der Waals surface area contributed by atoms with Crippen LogP contribution in [0.3, 0.4) is 0 Å². The third kappa shape index (κ3) is 1.02. The monoisotopic (exact) mass is 167 g/mol. The summed E-state index contributed by atoms with van der Waals surface area (Å²) < 4.78 is 17.9. The van der Waals surface area contributed by atoms with Crippen molar-refractivity contribution in [2.24, 2.45) is 0 Å². The molecule has 1 N–H and O–H groups in total. The van der Waals surface area contributed by atoms with Crippen LogP contribution < -0.4 is 10.1 Å². The molecular weight excluding hydrogens is 157 g/mol. The van der Waals surface area contributed by atoms with E-state index in [0.29, 0.717) is 5.75 Å². The number of benzene rings is 1. The molecule has 0 saturated carbocycles. The first-order valence-corrected chi connectivity index (χ1v) is 3.91. The molecule has 12 heavy (non-hydrogen) atoms. The minimum absolute atomic E-state index is 0.227. The number of methoxy groups -OCH3 is 1. The molecule has 0 saturated heterocycles. The van der Waals surface area contributed by atoms with E-state index in [1.807, 2.05) is 0 Å². The molecule has 0 bridgehead atoms. The van der Waals surface area contributed by atoms with E-state index >= 15 is 0 Å². The average Bonchev–Trinajstić information content (AvgIpc) is 2.50. The summed E-state index contributed by atoms with van der Waals surface area (Å²) in [6.45, 7) is 0.870. The summed E-state index contributed by atoms with van der Waals surface area (Å²) in [5.74, 6) is 0.372. The van der Waals surface area contributed by atoms with Gasteiger partial charge < -0.3 is 10.1 Å². The molecule has 0 amide bonds. The van der Waals surface area contributed by atoms with Crippen molar-refractivity contribution in [1.82, 2.24) is 0 Å². The van der Waals surface area contributed by atoms with E-state index in [4.69, 9.17) is 4.74 Å². The molecule has 0 atom stereocenters. The second kappa shape index (κ2) is 2.66. The maximum absolute atomic E-state index is 12.9. The highest BCUT2D eigenvalue weighted by Crippen LogP contribution is 2.33. The number of halogens is 1. The highest BCUT2D eigenvalue weighted by Gasteiger charge is 2.15. The van der Waals surface area contributed by atoms with E-state index in [1.165, 1.54) is 6.07 Å². The van der Waals surface area contributed by atoms with Crippen LogP contribution in [0.5, 0.6) is 5.75 Å². The molecular formula is C9H10FNO. The van der Waals surface area contributed by atoms with Crippen molar-refractivity contribution in [3.63, 3.8) is 0 Å². The van der Waals surface area contributed by atoms with Gasteiger partial charge in [0.15, 0.2) is 0 Å². The number of hydrogen-bond donors (Lipinski definition) is 1. The summed E-state index contributed by atoms with van der Waals surface area (Å²) in [6, 6.07) is 2.95. The third-order valence-corrected chi connectivity index (χ3v) is 2.06. The molecule has 1 aromatic rings. The van der Waals surface area contributed by atoms with Gasteiger partial charge in [0.25, 0.3) is 0 Å². The maximum Gasteiger partial charge on any atom is 0.145 e. The van der Waals surface area contributed by atoms with E-state index in [0.717, 1.165) is 24.2 Å². The first-order valence-electron chi connectivity index (χ1n) is 3.91. The van der Waals surface area contributed by atoms with Crippen molar-refractivity contribution < 1.29 is 9.13 Å². The van der Waals surface area contributed by atoms with Crippen LogP contribution in [0.15, 0.2) is 12.1 Å². The Bertz CT molecular complexity index is 312. The first-order chi connectivity index (χ1) is 5.81. The molecule has 64 valence electrons. The van der Waals surface area contributed by atoms with Gasteiger partial charge in [-0.15, -0.1) is 0 Å². The largest absolute Gasteiger partial charge is 0.494 e. The SMILES string of the molecule is COc1cc(F)cc2c1NCC2. The van der Waals surface area contributed by atoms with Gasteiger partial charge in [-0.1, -0.05) is 0 Å². The molecule has 2 nitrogen and oxygen atoms in total. The number of nitrogens with one attached hydrogen (secondary N) is 1. The van der Waals surface area contributed by atoms with Gasteiger partial charge in [-0.2, -0.15) is 0 Å². The van der Waals surface area contributed by atoms with Crippen LogP contribution in [0.4, 0.5) is 10.1 Å². The molecule has 0 fully saturated rings. The quantitative estimate of drug-likeness (QED) is 0.688. The lowest BCUT2D eigenvalue weighted by Crippen LogP contribution is -1.94. The lowest BCUT2D eigenvalue weighted by atomic mass is 10.1. The molecule has 1 aliphatic heterocycles. The predicted octanol–water partition coefficient (Wildman–Crippen LogP) is 1.80. The summed E-state index contributed by atoms with van der Waals surface area (Å²) in [5.41, 5.74) is 1.95. The van der Waals surface area contributed by atoms with Gasteiger partial charge in [0.2, 0.25) is 0 Å². The van der Waals surface area contributed by atoms with Crippen molar-refractivity contribution in [1.29, 1.82) is 0 Å². The summed E-state index contributed by atoms with van der Waals surface area (Å²) in [5, 5.41) is 3.16.